The molecule has 0 amide bonds. The molecule has 2 nitrogen and oxygen atoms in total. The summed E-state index contributed by atoms with van der Waals surface area (Å²) in [5.41, 5.74) is 1.49. The highest BCUT2D eigenvalue weighted by Crippen LogP contribution is 2.31. The van der Waals surface area contributed by atoms with Gasteiger partial charge in [0.25, 0.3) is 0 Å². The highest BCUT2D eigenvalue weighted by Gasteiger charge is 2.18. The van der Waals surface area contributed by atoms with Crippen molar-refractivity contribution in [2.75, 3.05) is 13.1 Å². The number of rotatable bonds is 5. The van der Waals surface area contributed by atoms with Crippen molar-refractivity contribution in [2.24, 2.45) is 5.92 Å². The second kappa shape index (κ2) is 7.15. The summed E-state index contributed by atoms with van der Waals surface area (Å²) in [6.45, 7) is 4.15. The van der Waals surface area contributed by atoms with E-state index in [1.807, 2.05) is 6.07 Å². The number of nitrogens with one attached hydrogen (secondary N) is 1. The van der Waals surface area contributed by atoms with Gasteiger partial charge >= 0.3 is 0 Å². The normalized spacial score (nSPS) is 18.2. The van der Waals surface area contributed by atoms with Gasteiger partial charge in [0.1, 0.15) is 5.76 Å². The Hall–Kier alpha value is -0.540. The van der Waals surface area contributed by atoms with Crippen LogP contribution in [0.4, 0.5) is 0 Å². The second-order valence-electron chi connectivity index (χ2n) is 4.97. The highest BCUT2D eigenvalue weighted by atomic mass is 79.9. The van der Waals surface area contributed by atoms with Crippen LogP contribution in [0.3, 0.4) is 0 Å². The van der Waals surface area contributed by atoms with Gasteiger partial charge in [-0.2, -0.15) is 0 Å². The average Bonchev–Trinajstić information content (AvgIpc) is 2.81. The summed E-state index contributed by atoms with van der Waals surface area (Å²) in [5, 5.41) is 3.45. The van der Waals surface area contributed by atoms with Gasteiger partial charge in [0.2, 0.25) is 0 Å². The SMILES string of the molecule is CCNC/C(=C/c1occc1Br)C1CCCCC1. The largest absolute Gasteiger partial charge is 0.464 e. The number of hydrogen-bond acceptors (Lipinski definition) is 2. The summed E-state index contributed by atoms with van der Waals surface area (Å²) in [7, 11) is 0. The van der Waals surface area contributed by atoms with Crippen LogP contribution in [0.1, 0.15) is 44.8 Å². The van der Waals surface area contributed by atoms with Crippen molar-refractivity contribution in [3.63, 3.8) is 0 Å². The molecule has 1 N–H and O–H groups in total. The Balaban J connectivity index is 2.13. The van der Waals surface area contributed by atoms with Gasteiger partial charge in [0.05, 0.1) is 10.7 Å². The van der Waals surface area contributed by atoms with Gasteiger partial charge in [-0.15, -0.1) is 0 Å². The molecule has 0 atom stereocenters. The van der Waals surface area contributed by atoms with Crippen molar-refractivity contribution >= 4 is 22.0 Å². The van der Waals surface area contributed by atoms with Crippen LogP contribution >= 0.6 is 15.9 Å². The molecule has 1 saturated carbocycles. The molecule has 0 spiro atoms. The van der Waals surface area contributed by atoms with Gasteiger partial charge in [-0.25, -0.2) is 0 Å². The summed E-state index contributed by atoms with van der Waals surface area (Å²) in [6, 6.07) is 1.96. The fourth-order valence-electron chi connectivity index (χ4n) is 2.63. The fraction of sp³-hybridized carbons (Fsp3) is 0.600. The van der Waals surface area contributed by atoms with Crippen molar-refractivity contribution in [1.29, 1.82) is 0 Å². The molecule has 2 rings (SSSR count). The van der Waals surface area contributed by atoms with Crippen molar-refractivity contribution in [1.82, 2.24) is 5.32 Å². The Bertz CT molecular complexity index is 391. The van der Waals surface area contributed by atoms with E-state index in [0.717, 1.165) is 29.2 Å². The summed E-state index contributed by atoms with van der Waals surface area (Å²) in [6.07, 6.45) is 10.8. The Morgan fingerprint density at radius 3 is 2.83 bits per heavy atom. The smallest absolute Gasteiger partial charge is 0.140 e. The number of halogens is 1. The lowest BCUT2D eigenvalue weighted by atomic mass is 9.83. The Kier molecular flexibility index (Phi) is 5.51. The molecule has 0 saturated heterocycles. The van der Waals surface area contributed by atoms with Crippen LogP contribution in [-0.2, 0) is 0 Å². The van der Waals surface area contributed by atoms with Crippen molar-refractivity contribution in [3.8, 4) is 0 Å². The summed E-state index contributed by atoms with van der Waals surface area (Å²) >= 11 is 3.53. The van der Waals surface area contributed by atoms with Gasteiger partial charge in [-0.3, -0.25) is 0 Å². The van der Waals surface area contributed by atoms with Gasteiger partial charge < -0.3 is 9.73 Å². The molecule has 0 aromatic carbocycles. The van der Waals surface area contributed by atoms with Crippen LogP contribution in [0.25, 0.3) is 6.08 Å². The van der Waals surface area contributed by atoms with Crippen LogP contribution in [0.2, 0.25) is 0 Å². The first-order valence-corrected chi connectivity index (χ1v) is 7.74. The third-order valence-corrected chi connectivity index (χ3v) is 4.33. The van der Waals surface area contributed by atoms with E-state index in [9.17, 15) is 0 Å². The Labute approximate surface area is 118 Å². The summed E-state index contributed by atoms with van der Waals surface area (Å²) in [5.74, 6) is 1.68. The predicted octanol–water partition coefficient (Wildman–Crippen LogP) is 4.62. The lowest BCUT2D eigenvalue weighted by Crippen LogP contribution is -2.22. The molecule has 1 aromatic rings. The second-order valence-corrected chi connectivity index (χ2v) is 5.82. The first-order valence-electron chi connectivity index (χ1n) is 6.95. The molecular formula is C15H22BrNO. The van der Waals surface area contributed by atoms with E-state index in [4.69, 9.17) is 4.42 Å². The highest BCUT2D eigenvalue weighted by molar-refractivity contribution is 9.10. The molecule has 18 heavy (non-hydrogen) atoms. The number of hydrogen-bond donors (Lipinski definition) is 1. The maximum Gasteiger partial charge on any atom is 0.140 e. The third-order valence-electron chi connectivity index (χ3n) is 3.67. The van der Waals surface area contributed by atoms with E-state index in [2.05, 4.69) is 34.2 Å². The summed E-state index contributed by atoms with van der Waals surface area (Å²) < 4.78 is 6.56. The van der Waals surface area contributed by atoms with E-state index >= 15 is 0 Å². The average molecular weight is 312 g/mol. The number of furan rings is 1. The molecule has 0 unspecified atom stereocenters. The first-order chi connectivity index (χ1) is 8.81. The molecule has 0 radical (unpaired) electrons. The standard InChI is InChI=1S/C15H22BrNO/c1-2-17-11-13(12-6-4-3-5-7-12)10-15-14(16)8-9-18-15/h8-10,12,17H,2-7,11H2,1H3/b13-10-. The summed E-state index contributed by atoms with van der Waals surface area (Å²) in [4.78, 5) is 0. The Morgan fingerprint density at radius 1 is 1.44 bits per heavy atom. The Morgan fingerprint density at radius 2 is 2.22 bits per heavy atom. The minimum Gasteiger partial charge on any atom is -0.464 e. The predicted molar refractivity (Wildman–Crippen MR) is 79.5 cm³/mol. The van der Waals surface area contributed by atoms with Gasteiger partial charge in [-0.05, 0) is 58.9 Å². The topological polar surface area (TPSA) is 25.2 Å². The maximum atomic E-state index is 5.51. The third kappa shape index (κ3) is 3.72. The minimum absolute atomic E-state index is 0.731. The maximum absolute atomic E-state index is 5.51. The molecule has 0 bridgehead atoms. The zero-order valence-corrected chi connectivity index (χ0v) is 12.6. The quantitative estimate of drug-likeness (QED) is 0.858. The molecular weight excluding hydrogens is 290 g/mol. The molecule has 3 heteroatoms. The zero-order chi connectivity index (χ0) is 12.8. The van der Waals surface area contributed by atoms with Crippen molar-refractivity contribution in [3.05, 3.63) is 28.1 Å². The van der Waals surface area contributed by atoms with Gasteiger partial charge in [0.15, 0.2) is 0 Å². The lowest BCUT2D eigenvalue weighted by Gasteiger charge is -2.24. The zero-order valence-electron chi connectivity index (χ0n) is 11.0. The van der Waals surface area contributed by atoms with Crippen LogP contribution in [0.5, 0.6) is 0 Å². The number of likely N-dealkylation sites (N-methyl/N-ethyl adjacent to an activating group) is 1. The molecule has 100 valence electrons. The molecule has 0 aliphatic heterocycles. The lowest BCUT2D eigenvalue weighted by molar-refractivity contribution is 0.396. The van der Waals surface area contributed by atoms with E-state index in [-0.39, 0.29) is 0 Å². The van der Waals surface area contributed by atoms with E-state index in [1.54, 1.807) is 6.26 Å². The van der Waals surface area contributed by atoms with E-state index < -0.39 is 0 Å². The first kappa shape index (κ1) is 13.9. The van der Waals surface area contributed by atoms with E-state index in [1.165, 1.54) is 37.7 Å². The van der Waals surface area contributed by atoms with Crippen LogP contribution < -0.4 is 5.32 Å². The molecule has 1 fully saturated rings. The van der Waals surface area contributed by atoms with Crippen LogP contribution in [-0.4, -0.2) is 13.1 Å². The fourth-order valence-corrected chi connectivity index (χ4v) is 2.95. The molecule has 1 aliphatic carbocycles. The minimum atomic E-state index is 0.731. The molecule has 1 aliphatic rings. The van der Waals surface area contributed by atoms with Gasteiger partial charge in [0, 0.05) is 6.54 Å². The van der Waals surface area contributed by atoms with Crippen molar-refractivity contribution in [2.45, 2.75) is 39.0 Å². The molecule has 1 aromatic heterocycles. The van der Waals surface area contributed by atoms with Crippen molar-refractivity contribution < 1.29 is 4.42 Å². The van der Waals surface area contributed by atoms with E-state index in [0.29, 0.717) is 0 Å². The molecule has 1 heterocycles. The van der Waals surface area contributed by atoms with Gasteiger partial charge in [-0.1, -0.05) is 26.2 Å². The van der Waals surface area contributed by atoms with Crippen LogP contribution in [0, 0.1) is 5.92 Å². The monoisotopic (exact) mass is 311 g/mol. The van der Waals surface area contributed by atoms with Crippen LogP contribution in [0.15, 0.2) is 26.8 Å².